The predicted molar refractivity (Wildman–Crippen MR) is 61.4 cm³/mol. The van der Waals surface area contributed by atoms with E-state index in [-0.39, 0.29) is 6.04 Å². The van der Waals surface area contributed by atoms with Crippen molar-refractivity contribution in [3.63, 3.8) is 0 Å². The Morgan fingerprint density at radius 1 is 1.25 bits per heavy atom. The first kappa shape index (κ1) is 10.5. The summed E-state index contributed by atoms with van der Waals surface area (Å²) in [6, 6.07) is 3.14. The van der Waals surface area contributed by atoms with E-state index in [4.69, 9.17) is 11.5 Å². The lowest BCUT2D eigenvalue weighted by atomic mass is 10.1. The fourth-order valence-electron chi connectivity index (χ4n) is 1.48. The Morgan fingerprint density at radius 3 is 2.75 bits per heavy atom. The van der Waals surface area contributed by atoms with E-state index in [0.717, 1.165) is 11.3 Å². The molecule has 0 fully saturated rings. The van der Waals surface area contributed by atoms with E-state index in [1.165, 1.54) is 0 Å². The number of hydrogen-bond donors (Lipinski definition) is 2. The van der Waals surface area contributed by atoms with Crippen LogP contribution in [0.4, 0.5) is 5.69 Å². The molecule has 0 aliphatic heterocycles. The standard InChI is InChI=1S/C11H13N5/c1-7-15-5-3-10(16-7)11(13)8-6-14-4-2-9(8)12/h2-6,11H,13H2,1H3,(H2,12,14). The summed E-state index contributed by atoms with van der Waals surface area (Å²) < 4.78 is 0. The van der Waals surface area contributed by atoms with E-state index in [1.807, 2.05) is 6.92 Å². The monoisotopic (exact) mass is 215 g/mol. The van der Waals surface area contributed by atoms with Crippen molar-refractivity contribution in [1.82, 2.24) is 15.0 Å². The molecule has 0 saturated heterocycles. The second-order valence-corrected chi connectivity index (χ2v) is 3.51. The second kappa shape index (κ2) is 4.24. The summed E-state index contributed by atoms with van der Waals surface area (Å²) in [6.07, 6.45) is 4.98. The first-order chi connectivity index (χ1) is 7.68. The highest BCUT2D eigenvalue weighted by Gasteiger charge is 2.13. The van der Waals surface area contributed by atoms with Gasteiger partial charge in [0, 0.05) is 29.8 Å². The lowest BCUT2D eigenvalue weighted by Crippen LogP contribution is -2.16. The van der Waals surface area contributed by atoms with Gasteiger partial charge < -0.3 is 11.5 Å². The van der Waals surface area contributed by atoms with Gasteiger partial charge in [-0.05, 0) is 19.1 Å². The van der Waals surface area contributed by atoms with Crippen LogP contribution in [0, 0.1) is 6.92 Å². The first-order valence-corrected chi connectivity index (χ1v) is 4.93. The van der Waals surface area contributed by atoms with Crippen molar-refractivity contribution in [2.24, 2.45) is 5.73 Å². The van der Waals surface area contributed by atoms with Crippen molar-refractivity contribution in [1.29, 1.82) is 0 Å². The Kier molecular flexibility index (Phi) is 2.78. The van der Waals surface area contributed by atoms with Gasteiger partial charge in [0.15, 0.2) is 0 Å². The van der Waals surface area contributed by atoms with Gasteiger partial charge >= 0.3 is 0 Å². The molecule has 2 heterocycles. The SMILES string of the molecule is Cc1nccc(C(N)c2cnccc2N)n1. The lowest BCUT2D eigenvalue weighted by Gasteiger charge is -2.13. The molecule has 1 unspecified atom stereocenters. The number of nitrogen functional groups attached to an aromatic ring is 1. The number of rotatable bonds is 2. The number of aromatic nitrogens is 3. The third-order valence-electron chi connectivity index (χ3n) is 2.34. The molecule has 0 amide bonds. The van der Waals surface area contributed by atoms with Crippen molar-refractivity contribution in [3.05, 3.63) is 47.8 Å². The summed E-state index contributed by atoms with van der Waals surface area (Å²) in [5.74, 6) is 0.690. The molecule has 0 bridgehead atoms. The Morgan fingerprint density at radius 2 is 2.06 bits per heavy atom. The van der Waals surface area contributed by atoms with E-state index in [0.29, 0.717) is 11.5 Å². The van der Waals surface area contributed by atoms with Crippen LogP contribution in [-0.4, -0.2) is 15.0 Å². The Balaban J connectivity index is 2.39. The van der Waals surface area contributed by atoms with Gasteiger partial charge in [0.05, 0.1) is 11.7 Å². The summed E-state index contributed by atoms with van der Waals surface area (Å²) in [7, 11) is 0. The number of nitrogens with zero attached hydrogens (tertiary/aromatic N) is 3. The molecule has 5 heteroatoms. The van der Waals surface area contributed by atoms with Crippen LogP contribution in [0.2, 0.25) is 0 Å². The van der Waals surface area contributed by atoms with Crippen molar-refractivity contribution < 1.29 is 0 Å². The summed E-state index contributed by atoms with van der Waals surface area (Å²) in [4.78, 5) is 12.3. The molecule has 0 aromatic carbocycles. The molecule has 16 heavy (non-hydrogen) atoms. The van der Waals surface area contributed by atoms with Crippen LogP contribution >= 0.6 is 0 Å². The van der Waals surface area contributed by atoms with Crippen molar-refractivity contribution >= 4 is 5.69 Å². The third kappa shape index (κ3) is 1.99. The summed E-state index contributed by atoms with van der Waals surface area (Å²) in [6.45, 7) is 1.82. The average molecular weight is 215 g/mol. The molecule has 0 saturated carbocycles. The maximum absolute atomic E-state index is 6.08. The Bertz CT molecular complexity index is 497. The number of pyridine rings is 1. The van der Waals surface area contributed by atoms with E-state index < -0.39 is 0 Å². The normalized spacial score (nSPS) is 12.4. The molecule has 82 valence electrons. The molecule has 0 radical (unpaired) electrons. The molecular weight excluding hydrogens is 202 g/mol. The van der Waals surface area contributed by atoms with Gasteiger partial charge in [-0.15, -0.1) is 0 Å². The van der Waals surface area contributed by atoms with Crippen LogP contribution in [0.1, 0.15) is 23.1 Å². The van der Waals surface area contributed by atoms with Gasteiger partial charge in [-0.3, -0.25) is 4.98 Å². The number of anilines is 1. The quantitative estimate of drug-likeness (QED) is 0.773. The van der Waals surface area contributed by atoms with Crippen LogP contribution in [0.5, 0.6) is 0 Å². The summed E-state index contributed by atoms with van der Waals surface area (Å²) in [5.41, 5.74) is 14.1. The smallest absolute Gasteiger partial charge is 0.125 e. The van der Waals surface area contributed by atoms with Crippen molar-refractivity contribution in [2.45, 2.75) is 13.0 Å². The Hall–Kier alpha value is -2.01. The minimum Gasteiger partial charge on any atom is -0.398 e. The van der Waals surface area contributed by atoms with E-state index in [1.54, 1.807) is 30.7 Å². The minimum atomic E-state index is -0.365. The first-order valence-electron chi connectivity index (χ1n) is 4.93. The maximum atomic E-state index is 6.08. The molecule has 0 aliphatic carbocycles. The molecular formula is C11H13N5. The highest BCUT2D eigenvalue weighted by Crippen LogP contribution is 2.21. The molecule has 2 aromatic rings. The molecule has 5 nitrogen and oxygen atoms in total. The fraction of sp³-hybridized carbons (Fsp3) is 0.182. The summed E-state index contributed by atoms with van der Waals surface area (Å²) in [5, 5.41) is 0. The highest BCUT2D eigenvalue weighted by atomic mass is 14.9. The molecule has 0 spiro atoms. The average Bonchev–Trinajstić information content (AvgIpc) is 2.29. The van der Waals surface area contributed by atoms with Crippen LogP contribution < -0.4 is 11.5 Å². The van der Waals surface area contributed by atoms with Gasteiger partial charge in [0.1, 0.15) is 5.82 Å². The van der Waals surface area contributed by atoms with Crippen LogP contribution in [0.15, 0.2) is 30.7 Å². The number of nitrogens with two attached hydrogens (primary N) is 2. The third-order valence-corrected chi connectivity index (χ3v) is 2.34. The molecule has 2 rings (SSSR count). The number of hydrogen-bond acceptors (Lipinski definition) is 5. The maximum Gasteiger partial charge on any atom is 0.125 e. The molecule has 2 aromatic heterocycles. The zero-order chi connectivity index (χ0) is 11.5. The lowest BCUT2D eigenvalue weighted by molar-refractivity contribution is 0.805. The van der Waals surface area contributed by atoms with Gasteiger partial charge in [-0.25, -0.2) is 9.97 Å². The zero-order valence-electron chi connectivity index (χ0n) is 8.96. The number of aryl methyl sites for hydroxylation is 1. The molecule has 0 aliphatic rings. The van der Waals surface area contributed by atoms with Gasteiger partial charge in [0.2, 0.25) is 0 Å². The van der Waals surface area contributed by atoms with Crippen molar-refractivity contribution in [2.75, 3.05) is 5.73 Å². The van der Waals surface area contributed by atoms with E-state index >= 15 is 0 Å². The van der Waals surface area contributed by atoms with E-state index in [2.05, 4.69) is 15.0 Å². The fourth-order valence-corrected chi connectivity index (χ4v) is 1.48. The summed E-state index contributed by atoms with van der Waals surface area (Å²) >= 11 is 0. The Labute approximate surface area is 93.6 Å². The van der Waals surface area contributed by atoms with E-state index in [9.17, 15) is 0 Å². The van der Waals surface area contributed by atoms with Gasteiger partial charge in [-0.2, -0.15) is 0 Å². The second-order valence-electron chi connectivity index (χ2n) is 3.51. The minimum absolute atomic E-state index is 0.365. The molecule has 1 atom stereocenters. The highest BCUT2D eigenvalue weighted by molar-refractivity contribution is 5.48. The predicted octanol–water partition coefficient (Wildman–Crippen LogP) is 0.810. The van der Waals surface area contributed by atoms with Gasteiger partial charge in [0.25, 0.3) is 0 Å². The van der Waals surface area contributed by atoms with Crippen molar-refractivity contribution in [3.8, 4) is 0 Å². The van der Waals surface area contributed by atoms with Crippen LogP contribution in [-0.2, 0) is 0 Å². The van der Waals surface area contributed by atoms with Crippen LogP contribution in [0.3, 0.4) is 0 Å². The largest absolute Gasteiger partial charge is 0.398 e. The van der Waals surface area contributed by atoms with Gasteiger partial charge in [-0.1, -0.05) is 0 Å². The zero-order valence-corrected chi connectivity index (χ0v) is 8.96. The molecule has 4 N–H and O–H groups in total. The van der Waals surface area contributed by atoms with Crippen LogP contribution in [0.25, 0.3) is 0 Å². The topological polar surface area (TPSA) is 90.7 Å².